The number of thiophene rings is 1. The maximum Gasteiger partial charge on any atom is 0.267 e. The van der Waals surface area contributed by atoms with Crippen LogP contribution in [-0.4, -0.2) is 26.1 Å². The van der Waals surface area contributed by atoms with Gasteiger partial charge in [-0.1, -0.05) is 29.5 Å². The van der Waals surface area contributed by atoms with Crippen molar-refractivity contribution >= 4 is 39.1 Å². The van der Waals surface area contributed by atoms with Crippen molar-refractivity contribution in [2.45, 2.75) is 37.8 Å². The van der Waals surface area contributed by atoms with Gasteiger partial charge in [0, 0.05) is 11.1 Å². The Hall–Kier alpha value is -2.64. The van der Waals surface area contributed by atoms with Crippen molar-refractivity contribution < 1.29 is 4.79 Å². The first-order valence-corrected chi connectivity index (χ1v) is 11.9. The van der Waals surface area contributed by atoms with E-state index < -0.39 is 0 Å². The quantitative estimate of drug-likeness (QED) is 0.274. The van der Waals surface area contributed by atoms with Crippen molar-refractivity contribution in [1.29, 1.82) is 0 Å². The minimum atomic E-state index is -0.0296. The van der Waals surface area contributed by atoms with Crippen LogP contribution in [0.5, 0.6) is 0 Å². The van der Waals surface area contributed by atoms with Gasteiger partial charge in [-0.05, 0) is 62.4 Å². The number of aromatic amines is 1. The summed E-state index contributed by atoms with van der Waals surface area (Å²) in [5.41, 5.74) is 3.63. The third kappa shape index (κ3) is 3.42. The lowest BCUT2D eigenvalue weighted by atomic mass is 9.97. The van der Waals surface area contributed by atoms with E-state index in [9.17, 15) is 9.59 Å². The average Bonchev–Trinajstić information content (AvgIpc) is 3.41. The summed E-state index contributed by atoms with van der Waals surface area (Å²) < 4.78 is 1.68. The first-order chi connectivity index (χ1) is 14.6. The van der Waals surface area contributed by atoms with Gasteiger partial charge in [0.1, 0.15) is 4.83 Å². The van der Waals surface area contributed by atoms with E-state index in [4.69, 9.17) is 4.98 Å². The van der Waals surface area contributed by atoms with Crippen LogP contribution in [0.3, 0.4) is 0 Å². The minimum absolute atomic E-state index is 0.0136. The molecule has 0 aliphatic heterocycles. The summed E-state index contributed by atoms with van der Waals surface area (Å²) in [5.74, 6) is 0.204. The van der Waals surface area contributed by atoms with Gasteiger partial charge in [-0.3, -0.25) is 14.2 Å². The normalized spacial score (nSPS) is 13.5. The highest BCUT2D eigenvalue weighted by molar-refractivity contribution is 7.99. The zero-order valence-electron chi connectivity index (χ0n) is 16.6. The zero-order valence-corrected chi connectivity index (χ0v) is 18.2. The second-order valence-corrected chi connectivity index (χ2v) is 9.58. The number of aryl methyl sites for hydroxylation is 3. The number of rotatable bonds is 5. The maximum atomic E-state index is 13.7. The highest BCUT2D eigenvalue weighted by Gasteiger charge is 2.23. The standard InChI is InChI=1S/C23H21N3O2S2/c1-14-8-10-15(11-9-14)26-22(28)20-16-5-2-3-7-19(16)30-21(20)25-23(26)29-13-18(27)17-6-4-12-24-17/h4,6,8-12,24H,2-3,5,7,13H2,1H3. The van der Waals surface area contributed by atoms with Gasteiger partial charge in [-0.15, -0.1) is 11.3 Å². The van der Waals surface area contributed by atoms with Crippen LogP contribution in [0.15, 0.2) is 52.5 Å². The fourth-order valence-electron chi connectivity index (χ4n) is 3.92. The highest BCUT2D eigenvalue weighted by Crippen LogP contribution is 2.35. The summed E-state index contributed by atoms with van der Waals surface area (Å²) in [6, 6.07) is 11.4. The van der Waals surface area contributed by atoms with Crippen LogP contribution >= 0.6 is 23.1 Å². The number of hydrogen-bond acceptors (Lipinski definition) is 5. The molecule has 0 unspecified atom stereocenters. The molecule has 0 saturated heterocycles. The number of thioether (sulfide) groups is 1. The van der Waals surface area contributed by atoms with E-state index in [1.54, 1.807) is 34.2 Å². The smallest absolute Gasteiger partial charge is 0.267 e. The Kier molecular flexibility index (Phi) is 5.08. The summed E-state index contributed by atoms with van der Waals surface area (Å²) in [6.45, 7) is 2.02. The largest absolute Gasteiger partial charge is 0.359 e. The molecule has 4 aromatic rings. The number of benzene rings is 1. The molecule has 3 aromatic heterocycles. The van der Waals surface area contributed by atoms with Gasteiger partial charge >= 0.3 is 0 Å². The number of carbonyl (C=O) groups excluding carboxylic acids is 1. The molecular weight excluding hydrogens is 414 g/mol. The van der Waals surface area contributed by atoms with E-state index in [-0.39, 0.29) is 17.1 Å². The molecule has 30 heavy (non-hydrogen) atoms. The molecule has 1 N–H and O–H groups in total. The first kappa shape index (κ1) is 19.3. The molecule has 0 spiro atoms. The lowest BCUT2D eigenvalue weighted by Gasteiger charge is -2.13. The van der Waals surface area contributed by atoms with Crippen molar-refractivity contribution in [1.82, 2.24) is 14.5 Å². The van der Waals surface area contributed by atoms with Crippen LogP contribution in [0.1, 0.15) is 39.3 Å². The number of hydrogen-bond donors (Lipinski definition) is 1. The van der Waals surface area contributed by atoms with Crippen LogP contribution in [0.2, 0.25) is 0 Å². The van der Waals surface area contributed by atoms with Gasteiger partial charge in [0.2, 0.25) is 0 Å². The van der Waals surface area contributed by atoms with Crippen LogP contribution in [-0.2, 0) is 12.8 Å². The van der Waals surface area contributed by atoms with Gasteiger partial charge in [0.05, 0.1) is 22.5 Å². The molecule has 1 aromatic carbocycles. The molecule has 0 saturated carbocycles. The Morgan fingerprint density at radius 1 is 1.20 bits per heavy atom. The SMILES string of the molecule is Cc1ccc(-n2c(SCC(=O)c3ccc[nH]3)nc3sc4c(c3c2=O)CCCC4)cc1. The number of fused-ring (bicyclic) bond motifs is 3. The molecule has 5 nitrogen and oxygen atoms in total. The predicted molar refractivity (Wildman–Crippen MR) is 122 cm³/mol. The van der Waals surface area contributed by atoms with Crippen LogP contribution < -0.4 is 5.56 Å². The summed E-state index contributed by atoms with van der Waals surface area (Å²) in [4.78, 5) is 36.1. The summed E-state index contributed by atoms with van der Waals surface area (Å²) >= 11 is 2.95. The van der Waals surface area contributed by atoms with Crippen LogP contribution in [0.25, 0.3) is 15.9 Å². The van der Waals surface area contributed by atoms with Crippen molar-refractivity contribution in [3.8, 4) is 5.69 Å². The number of H-pyrrole nitrogens is 1. The number of aromatic nitrogens is 3. The molecule has 0 amide bonds. The predicted octanol–water partition coefficient (Wildman–Crippen LogP) is 4.94. The van der Waals surface area contributed by atoms with Crippen LogP contribution in [0, 0.1) is 6.92 Å². The Morgan fingerprint density at radius 2 is 2.00 bits per heavy atom. The van der Waals surface area contributed by atoms with E-state index in [0.717, 1.165) is 47.2 Å². The molecule has 0 atom stereocenters. The monoisotopic (exact) mass is 435 g/mol. The second-order valence-electron chi connectivity index (χ2n) is 7.56. The Morgan fingerprint density at radius 3 is 2.77 bits per heavy atom. The summed E-state index contributed by atoms with van der Waals surface area (Å²) in [5, 5.41) is 1.32. The van der Waals surface area contributed by atoms with Crippen molar-refractivity contribution in [3.05, 3.63) is 74.6 Å². The molecule has 0 fully saturated rings. The fourth-order valence-corrected chi connectivity index (χ4v) is 6.11. The fraction of sp³-hybridized carbons (Fsp3) is 0.261. The molecule has 7 heteroatoms. The van der Waals surface area contributed by atoms with E-state index in [1.165, 1.54) is 22.2 Å². The van der Waals surface area contributed by atoms with E-state index in [0.29, 0.717) is 10.9 Å². The lowest BCUT2D eigenvalue weighted by Crippen LogP contribution is -2.22. The number of nitrogens with zero attached hydrogens (tertiary/aromatic N) is 2. The Labute approximate surface area is 182 Å². The average molecular weight is 436 g/mol. The van der Waals surface area contributed by atoms with Gasteiger partial charge in [-0.25, -0.2) is 4.98 Å². The van der Waals surface area contributed by atoms with Crippen molar-refractivity contribution in [3.63, 3.8) is 0 Å². The topological polar surface area (TPSA) is 67.8 Å². The van der Waals surface area contributed by atoms with Gasteiger partial charge in [0.15, 0.2) is 10.9 Å². The Bertz CT molecular complexity index is 1280. The molecule has 1 aliphatic carbocycles. The molecule has 152 valence electrons. The Balaban J connectivity index is 1.64. The molecule has 3 heterocycles. The van der Waals surface area contributed by atoms with Gasteiger partial charge in [-0.2, -0.15) is 0 Å². The number of Topliss-reactive ketones (excluding diaryl/α,β-unsaturated/α-hetero) is 1. The number of nitrogens with one attached hydrogen (secondary N) is 1. The summed E-state index contributed by atoms with van der Waals surface area (Å²) in [7, 11) is 0. The van der Waals surface area contributed by atoms with Crippen molar-refractivity contribution in [2.75, 3.05) is 5.75 Å². The number of carbonyl (C=O) groups is 1. The molecule has 0 radical (unpaired) electrons. The highest BCUT2D eigenvalue weighted by atomic mass is 32.2. The second kappa shape index (κ2) is 7.89. The first-order valence-electron chi connectivity index (χ1n) is 10.1. The van der Waals surface area contributed by atoms with Crippen molar-refractivity contribution in [2.24, 2.45) is 0 Å². The molecule has 0 bridgehead atoms. The van der Waals surface area contributed by atoms with E-state index in [1.807, 2.05) is 31.2 Å². The molecular formula is C23H21N3O2S2. The third-order valence-corrected chi connectivity index (χ3v) is 7.61. The van der Waals surface area contributed by atoms with E-state index in [2.05, 4.69) is 4.98 Å². The minimum Gasteiger partial charge on any atom is -0.359 e. The number of ketones is 1. The van der Waals surface area contributed by atoms with Crippen LogP contribution in [0.4, 0.5) is 0 Å². The molecule has 5 rings (SSSR count). The third-order valence-electron chi connectivity index (χ3n) is 5.48. The summed E-state index contributed by atoms with van der Waals surface area (Å²) in [6.07, 6.45) is 5.98. The zero-order chi connectivity index (χ0) is 20.7. The van der Waals surface area contributed by atoms with E-state index >= 15 is 0 Å². The lowest BCUT2D eigenvalue weighted by molar-refractivity contribution is 0.101. The maximum absolute atomic E-state index is 13.7. The molecule has 1 aliphatic rings. The van der Waals surface area contributed by atoms with Gasteiger partial charge in [0.25, 0.3) is 5.56 Å². The van der Waals surface area contributed by atoms with Gasteiger partial charge < -0.3 is 4.98 Å².